The fraction of sp³-hybridized carbons (Fsp3) is 0. The highest BCUT2D eigenvalue weighted by molar-refractivity contribution is 9.11. The summed E-state index contributed by atoms with van der Waals surface area (Å²) in [6.45, 7) is 0. The van der Waals surface area contributed by atoms with Crippen molar-refractivity contribution in [3.63, 3.8) is 0 Å². The molecule has 3 nitrogen and oxygen atoms in total. The van der Waals surface area contributed by atoms with Crippen molar-refractivity contribution in [1.29, 1.82) is 0 Å². The van der Waals surface area contributed by atoms with Crippen molar-refractivity contribution in [2.24, 2.45) is 0 Å². The van der Waals surface area contributed by atoms with E-state index in [9.17, 15) is 13.2 Å². The molecule has 0 radical (unpaired) electrons. The summed E-state index contributed by atoms with van der Waals surface area (Å²) in [5.74, 6) is -0.557. The SMILES string of the molecule is O=C(/C(=C\c1ccc(Br)cc1)S(=O)(=O)c1ccc(Br)cc1)c1ccc(Br)cc1. The molecule has 0 saturated heterocycles. The van der Waals surface area contributed by atoms with Crippen molar-refractivity contribution in [2.75, 3.05) is 0 Å². The predicted octanol–water partition coefficient (Wildman–Crippen LogP) is 6.67. The van der Waals surface area contributed by atoms with E-state index >= 15 is 0 Å². The van der Waals surface area contributed by atoms with Crippen LogP contribution in [-0.2, 0) is 9.84 Å². The Kier molecular flexibility index (Phi) is 6.70. The van der Waals surface area contributed by atoms with Gasteiger partial charge < -0.3 is 0 Å². The zero-order valence-electron chi connectivity index (χ0n) is 14.3. The van der Waals surface area contributed by atoms with E-state index in [0.717, 1.165) is 13.4 Å². The molecular weight excluding hydrogens is 572 g/mol. The Bertz CT molecular complexity index is 1130. The van der Waals surface area contributed by atoms with Gasteiger partial charge in [-0.3, -0.25) is 4.79 Å². The summed E-state index contributed by atoms with van der Waals surface area (Å²) in [4.78, 5) is 12.9. The van der Waals surface area contributed by atoms with Gasteiger partial charge in [0.05, 0.1) is 4.90 Å². The minimum Gasteiger partial charge on any atom is -0.288 e. The molecule has 3 rings (SSSR count). The Hall–Kier alpha value is -1.54. The molecule has 0 unspecified atom stereocenters. The summed E-state index contributed by atoms with van der Waals surface area (Å²) in [7, 11) is -4.02. The van der Waals surface area contributed by atoms with Gasteiger partial charge in [0.1, 0.15) is 4.91 Å². The first kappa shape index (κ1) is 21.2. The molecule has 3 aromatic carbocycles. The number of ketones is 1. The molecule has 0 heterocycles. The summed E-state index contributed by atoms with van der Waals surface area (Å²) >= 11 is 9.97. The van der Waals surface area contributed by atoms with Crippen LogP contribution in [0, 0.1) is 0 Å². The second-order valence-corrected chi connectivity index (χ2v) is 10.5. The van der Waals surface area contributed by atoms with Crippen molar-refractivity contribution in [1.82, 2.24) is 0 Å². The van der Waals surface area contributed by atoms with Crippen LogP contribution < -0.4 is 0 Å². The largest absolute Gasteiger partial charge is 0.288 e. The molecule has 0 amide bonds. The molecule has 0 bridgehead atoms. The van der Waals surface area contributed by atoms with Crippen molar-refractivity contribution in [2.45, 2.75) is 4.90 Å². The van der Waals surface area contributed by atoms with Gasteiger partial charge in [0.15, 0.2) is 0 Å². The Balaban J connectivity index is 2.16. The number of benzene rings is 3. The highest BCUT2D eigenvalue weighted by Gasteiger charge is 2.28. The first-order valence-corrected chi connectivity index (χ1v) is 11.9. The molecule has 0 aliphatic carbocycles. The quantitative estimate of drug-likeness (QED) is 0.249. The van der Waals surface area contributed by atoms with Gasteiger partial charge in [-0.05, 0) is 72.3 Å². The van der Waals surface area contributed by atoms with Gasteiger partial charge in [-0.1, -0.05) is 59.9 Å². The van der Waals surface area contributed by atoms with E-state index in [-0.39, 0.29) is 9.80 Å². The van der Waals surface area contributed by atoms with E-state index in [2.05, 4.69) is 47.8 Å². The molecule has 142 valence electrons. The minimum absolute atomic E-state index is 0.0597. The highest BCUT2D eigenvalue weighted by Crippen LogP contribution is 2.27. The van der Waals surface area contributed by atoms with Crippen molar-refractivity contribution >= 4 is 69.5 Å². The second kappa shape index (κ2) is 8.86. The molecule has 0 fully saturated rings. The number of hydrogen-bond acceptors (Lipinski definition) is 3. The van der Waals surface area contributed by atoms with Crippen molar-refractivity contribution in [3.8, 4) is 0 Å². The molecule has 0 aliphatic heterocycles. The van der Waals surface area contributed by atoms with Gasteiger partial charge in [0, 0.05) is 19.0 Å². The Morgan fingerprint density at radius 3 is 1.61 bits per heavy atom. The van der Waals surface area contributed by atoms with Crippen LogP contribution >= 0.6 is 47.8 Å². The summed E-state index contributed by atoms with van der Waals surface area (Å²) in [5.41, 5.74) is 0.914. The maximum Gasteiger partial charge on any atom is 0.210 e. The summed E-state index contributed by atoms with van der Waals surface area (Å²) < 4.78 is 29.0. The number of sulfone groups is 1. The molecule has 0 atom stereocenters. The number of carbonyl (C=O) groups is 1. The van der Waals surface area contributed by atoms with Gasteiger partial charge in [0.25, 0.3) is 0 Å². The standard InChI is InChI=1S/C21H13Br3O3S/c22-16-5-1-14(2-6-16)13-20(21(25)15-3-7-17(23)8-4-15)28(26,27)19-11-9-18(24)10-12-19/h1-13H/b20-13+. The zero-order valence-corrected chi connectivity index (χ0v) is 19.8. The van der Waals surface area contributed by atoms with E-state index in [1.54, 1.807) is 60.7 Å². The molecule has 0 N–H and O–H groups in total. The van der Waals surface area contributed by atoms with Crippen LogP contribution in [-0.4, -0.2) is 14.2 Å². The lowest BCUT2D eigenvalue weighted by Gasteiger charge is -2.10. The fourth-order valence-electron chi connectivity index (χ4n) is 2.46. The van der Waals surface area contributed by atoms with Gasteiger partial charge in [-0.15, -0.1) is 0 Å². The number of halogens is 3. The van der Waals surface area contributed by atoms with Crippen molar-refractivity contribution in [3.05, 3.63) is 102 Å². The second-order valence-electron chi connectivity index (χ2n) is 5.85. The lowest BCUT2D eigenvalue weighted by atomic mass is 10.1. The number of Topliss-reactive ketones (excluding diaryl/α,β-unsaturated/α-hetero) is 1. The summed E-state index contributed by atoms with van der Waals surface area (Å²) in [5, 5.41) is 0. The number of carbonyl (C=O) groups excluding carboxylic acids is 1. The Labute approximate surface area is 188 Å². The molecule has 0 aromatic heterocycles. The van der Waals surface area contributed by atoms with E-state index in [1.807, 2.05) is 0 Å². The van der Waals surface area contributed by atoms with E-state index < -0.39 is 15.6 Å². The third kappa shape index (κ3) is 4.89. The first-order valence-electron chi connectivity index (χ1n) is 8.05. The smallest absolute Gasteiger partial charge is 0.210 e. The topological polar surface area (TPSA) is 51.2 Å². The van der Waals surface area contributed by atoms with Crippen LogP contribution in [0.2, 0.25) is 0 Å². The third-order valence-corrected chi connectivity index (χ3v) is 7.27. The van der Waals surface area contributed by atoms with Crippen LogP contribution in [0.5, 0.6) is 0 Å². The van der Waals surface area contributed by atoms with Crippen LogP contribution in [0.1, 0.15) is 15.9 Å². The number of hydrogen-bond donors (Lipinski definition) is 0. The van der Waals surface area contributed by atoms with Crippen LogP contribution in [0.3, 0.4) is 0 Å². The third-order valence-electron chi connectivity index (χ3n) is 3.91. The average molecular weight is 585 g/mol. The molecular formula is C21H13Br3O3S. The van der Waals surface area contributed by atoms with Crippen LogP contribution in [0.25, 0.3) is 6.08 Å². The molecule has 0 spiro atoms. The Morgan fingerprint density at radius 2 is 1.11 bits per heavy atom. The lowest BCUT2D eigenvalue weighted by Crippen LogP contribution is -2.14. The molecule has 28 heavy (non-hydrogen) atoms. The van der Waals surface area contributed by atoms with Crippen molar-refractivity contribution < 1.29 is 13.2 Å². The number of rotatable bonds is 5. The van der Waals surface area contributed by atoms with Gasteiger partial charge in [-0.25, -0.2) is 8.42 Å². The van der Waals surface area contributed by atoms with Gasteiger partial charge in [0.2, 0.25) is 15.6 Å². The fourth-order valence-corrected chi connectivity index (χ4v) is 4.65. The monoisotopic (exact) mass is 582 g/mol. The summed E-state index contributed by atoms with van der Waals surface area (Å²) in [6, 6.07) is 19.9. The molecule has 3 aromatic rings. The molecule has 0 saturated carbocycles. The average Bonchev–Trinajstić information content (AvgIpc) is 2.68. The maximum atomic E-state index is 13.3. The molecule has 0 aliphatic rings. The number of allylic oxidation sites excluding steroid dienone is 1. The Morgan fingerprint density at radius 1 is 0.679 bits per heavy atom. The zero-order chi connectivity index (χ0) is 20.3. The first-order chi connectivity index (χ1) is 13.3. The summed E-state index contributed by atoms with van der Waals surface area (Å²) in [6.07, 6.45) is 1.41. The maximum absolute atomic E-state index is 13.3. The van der Waals surface area contributed by atoms with E-state index in [4.69, 9.17) is 0 Å². The van der Waals surface area contributed by atoms with E-state index in [0.29, 0.717) is 11.1 Å². The van der Waals surface area contributed by atoms with E-state index in [1.165, 1.54) is 18.2 Å². The lowest BCUT2D eigenvalue weighted by molar-refractivity contribution is 0.104. The van der Waals surface area contributed by atoms with Gasteiger partial charge >= 0.3 is 0 Å². The molecule has 7 heteroatoms. The highest BCUT2D eigenvalue weighted by atomic mass is 79.9. The minimum atomic E-state index is -4.02. The van der Waals surface area contributed by atoms with Crippen LogP contribution in [0.4, 0.5) is 0 Å². The van der Waals surface area contributed by atoms with Crippen LogP contribution in [0.15, 0.2) is 96.0 Å². The predicted molar refractivity (Wildman–Crippen MR) is 122 cm³/mol. The van der Waals surface area contributed by atoms with Gasteiger partial charge in [-0.2, -0.15) is 0 Å². The normalized spacial score (nSPS) is 12.0.